The minimum Gasteiger partial charge on any atom is -0.307 e. The molecule has 0 saturated heterocycles. The first-order valence-electron chi connectivity index (χ1n) is 7.87. The van der Waals surface area contributed by atoms with E-state index >= 15 is 0 Å². The molecule has 0 radical (unpaired) electrons. The molecule has 2 aromatic rings. The Hall–Kier alpha value is -2.11. The molecule has 0 saturated carbocycles. The Kier molecular flexibility index (Phi) is 3.76. The Bertz CT molecular complexity index is 679. The largest absolute Gasteiger partial charge is 0.307 e. The van der Waals surface area contributed by atoms with Gasteiger partial charge in [0.05, 0.1) is 6.07 Å². The Morgan fingerprint density at radius 3 is 1.95 bits per heavy atom. The summed E-state index contributed by atoms with van der Waals surface area (Å²) in [5.41, 5.74) is 4.28. The molecule has 3 rings (SSSR count). The topological polar surface area (TPSA) is 27.0 Å². The normalized spacial score (nSPS) is 16.0. The molecule has 0 heterocycles. The van der Waals surface area contributed by atoms with E-state index in [1.807, 2.05) is 12.1 Å². The Morgan fingerprint density at radius 1 is 1.00 bits per heavy atom. The molecule has 2 aromatic carbocycles. The van der Waals surface area contributed by atoms with Gasteiger partial charge in [-0.05, 0) is 56.1 Å². The van der Waals surface area contributed by atoms with E-state index in [1.54, 1.807) is 0 Å². The minimum atomic E-state index is -0.503. The van der Waals surface area contributed by atoms with E-state index < -0.39 is 5.41 Å². The van der Waals surface area contributed by atoms with Crippen LogP contribution in [0, 0.1) is 11.3 Å². The highest BCUT2D eigenvalue weighted by Crippen LogP contribution is 2.50. The summed E-state index contributed by atoms with van der Waals surface area (Å²) in [6.07, 6.45) is 1.86. The van der Waals surface area contributed by atoms with Gasteiger partial charge in [0.25, 0.3) is 0 Å². The van der Waals surface area contributed by atoms with Crippen molar-refractivity contribution < 1.29 is 0 Å². The standard InChI is InChI=1S/C20H22N2/c1-15(22(2)3)12-13-20(14-21)18-10-6-4-8-16(18)17-9-5-7-11-19(17)20/h4-11,15H,12-13H2,1-3H3. The summed E-state index contributed by atoms with van der Waals surface area (Å²) in [5.74, 6) is 0. The van der Waals surface area contributed by atoms with Crippen LogP contribution in [0.4, 0.5) is 0 Å². The van der Waals surface area contributed by atoms with Gasteiger partial charge < -0.3 is 4.90 Å². The first-order chi connectivity index (χ1) is 10.6. The van der Waals surface area contributed by atoms with E-state index in [9.17, 15) is 5.26 Å². The van der Waals surface area contributed by atoms with Crippen molar-refractivity contribution in [1.82, 2.24) is 4.90 Å². The van der Waals surface area contributed by atoms with Gasteiger partial charge in [-0.3, -0.25) is 0 Å². The number of nitrogens with zero attached hydrogens (tertiary/aromatic N) is 2. The number of nitriles is 1. The van der Waals surface area contributed by atoms with Crippen LogP contribution in [-0.4, -0.2) is 25.0 Å². The highest BCUT2D eigenvalue weighted by Gasteiger charge is 2.43. The maximum atomic E-state index is 10.1. The second kappa shape index (κ2) is 5.59. The van der Waals surface area contributed by atoms with Crippen LogP contribution in [0.25, 0.3) is 11.1 Å². The van der Waals surface area contributed by atoms with Crippen LogP contribution < -0.4 is 0 Å². The Balaban J connectivity index is 2.09. The average molecular weight is 290 g/mol. The second-order valence-electron chi connectivity index (χ2n) is 6.46. The van der Waals surface area contributed by atoms with Crippen molar-refractivity contribution in [3.8, 4) is 17.2 Å². The molecule has 0 amide bonds. The molecule has 112 valence electrons. The van der Waals surface area contributed by atoms with Gasteiger partial charge in [0, 0.05) is 6.04 Å². The summed E-state index contributed by atoms with van der Waals surface area (Å²) in [6, 6.07) is 19.9. The summed E-state index contributed by atoms with van der Waals surface area (Å²) in [5, 5.41) is 10.1. The molecule has 0 N–H and O–H groups in total. The maximum Gasteiger partial charge on any atom is 0.108 e. The van der Waals surface area contributed by atoms with Gasteiger partial charge in [-0.2, -0.15) is 5.26 Å². The maximum absolute atomic E-state index is 10.1. The molecule has 2 nitrogen and oxygen atoms in total. The third-order valence-electron chi connectivity index (χ3n) is 5.07. The monoisotopic (exact) mass is 290 g/mol. The van der Waals surface area contributed by atoms with Crippen molar-refractivity contribution in [2.45, 2.75) is 31.2 Å². The lowest BCUT2D eigenvalue weighted by atomic mass is 9.75. The van der Waals surface area contributed by atoms with Gasteiger partial charge in [-0.15, -0.1) is 0 Å². The molecule has 1 aliphatic carbocycles. The molecular weight excluding hydrogens is 268 g/mol. The van der Waals surface area contributed by atoms with E-state index in [1.165, 1.54) is 22.3 Å². The molecule has 1 aliphatic rings. The SMILES string of the molecule is CC(CCC1(C#N)c2ccccc2-c2ccccc21)N(C)C. The Morgan fingerprint density at radius 2 is 1.50 bits per heavy atom. The van der Waals surface area contributed by atoms with E-state index in [2.05, 4.69) is 68.4 Å². The fraction of sp³-hybridized carbons (Fsp3) is 0.350. The average Bonchev–Trinajstić information content (AvgIpc) is 2.83. The van der Waals surface area contributed by atoms with Crippen LogP contribution in [0.5, 0.6) is 0 Å². The third-order valence-corrected chi connectivity index (χ3v) is 5.07. The quantitative estimate of drug-likeness (QED) is 0.843. The van der Waals surface area contributed by atoms with Crippen LogP contribution >= 0.6 is 0 Å². The first kappa shape index (κ1) is 14.8. The lowest BCUT2D eigenvalue weighted by Crippen LogP contribution is -2.29. The van der Waals surface area contributed by atoms with Crippen LogP contribution in [-0.2, 0) is 5.41 Å². The van der Waals surface area contributed by atoms with E-state index in [4.69, 9.17) is 0 Å². The van der Waals surface area contributed by atoms with E-state index in [0.717, 1.165) is 12.8 Å². The van der Waals surface area contributed by atoms with Crippen LogP contribution in [0.15, 0.2) is 48.5 Å². The number of rotatable bonds is 4. The number of hydrogen-bond donors (Lipinski definition) is 0. The lowest BCUT2D eigenvalue weighted by Gasteiger charge is -2.28. The van der Waals surface area contributed by atoms with Gasteiger partial charge in [0.1, 0.15) is 5.41 Å². The van der Waals surface area contributed by atoms with E-state index in [-0.39, 0.29) is 0 Å². The highest BCUT2D eigenvalue weighted by atomic mass is 15.1. The van der Waals surface area contributed by atoms with Crippen molar-refractivity contribution >= 4 is 0 Å². The van der Waals surface area contributed by atoms with Crippen LogP contribution in [0.3, 0.4) is 0 Å². The molecule has 0 aromatic heterocycles. The minimum absolute atomic E-state index is 0.463. The molecule has 0 fully saturated rings. The number of fused-ring (bicyclic) bond motifs is 3. The van der Waals surface area contributed by atoms with Crippen molar-refractivity contribution in [2.75, 3.05) is 14.1 Å². The highest BCUT2D eigenvalue weighted by molar-refractivity contribution is 5.82. The van der Waals surface area contributed by atoms with Gasteiger partial charge in [-0.25, -0.2) is 0 Å². The summed E-state index contributed by atoms with van der Waals surface area (Å²) < 4.78 is 0. The lowest BCUT2D eigenvalue weighted by molar-refractivity contribution is 0.285. The van der Waals surface area contributed by atoms with Crippen molar-refractivity contribution in [1.29, 1.82) is 5.26 Å². The van der Waals surface area contributed by atoms with Gasteiger partial charge in [0.2, 0.25) is 0 Å². The molecule has 0 aliphatic heterocycles. The van der Waals surface area contributed by atoms with Gasteiger partial charge in [0.15, 0.2) is 0 Å². The molecule has 0 spiro atoms. The zero-order valence-electron chi connectivity index (χ0n) is 13.5. The van der Waals surface area contributed by atoms with Crippen molar-refractivity contribution in [3.63, 3.8) is 0 Å². The van der Waals surface area contributed by atoms with Crippen LogP contribution in [0.2, 0.25) is 0 Å². The molecule has 1 atom stereocenters. The smallest absolute Gasteiger partial charge is 0.108 e. The molecule has 0 bridgehead atoms. The zero-order chi connectivity index (χ0) is 15.7. The predicted octanol–water partition coefficient (Wildman–Crippen LogP) is 4.21. The third kappa shape index (κ3) is 2.14. The Labute approximate surface area is 133 Å². The molecular formula is C20H22N2. The number of benzene rings is 2. The second-order valence-corrected chi connectivity index (χ2v) is 6.46. The van der Waals surface area contributed by atoms with Gasteiger partial charge in [-0.1, -0.05) is 48.5 Å². The first-order valence-corrected chi connectivity index (χ1v) is 7.87. The summed E-state index contributed by atoms with van der Waals surface area (Å²) in [4.78, 5) is 2.22. The van der Waals surface area contributed by atoms with Crippen molar-refractivity contribution in [2.24, 2.45) is 0 Å². The molecule has 22 heavy (non-hydrogen) atoms. The van der Waals surface area contributed by atoms with Gasteiger partial charge >= 0.3 is 0 Å². The van der Waals surface area contributed by atoms with Crippen molar-refractivity contribution in [3.05, 3.63) is 59.7 Å². The molecule has 2 heteroatoms. The summed E-state index contributed by atoms with van der Waals surface area (Å²) in [7, 11) is 4.19. The molecule has 1 unspecified atom stereocenters. The van der Waals surface area contributed by atoms with E-state index in [0.29, 0.717) is 6.04 Å². The summed E-state index contributed by atoms with van der Waals surface area (Å²) in [6.45, 7) is 2.22. The fourth-order valence-corrected chi connectivity index (χ4v) is 3.45. The predicted molar refractivity (Wildman–Crippen MR) is 90.7 cm³/mol. The fourth-order valence-electron chi connectivity index (χ4n) is 3.45. The summed E-state index contributed by atoms with van der Waals surface area (Å²) >= 11 is 0. The van der Waals surface area contributed by atoms with Crippen LogP contribution in [0.1, 0.15) is 30.9 Å². The zero-order valence-corrected chi connectivity index (χ0v) is 13.5. The number of hydrogen-bond acceptors (Lipinski definition) is 2.